The summed E-state index contributed by atoms with van der Waals surface area (Å²) in [6.07, 6.45) is 4.18. The Bertz CT molecular complexity index is 538. The third-order valence-electron chi connectivity index (χ3n) is 5.29. The van der Waals surface area contributed by atoms with Crippen LogP contribution >= 0.6 is 0 Å². The standard InChI is InChI=1S/C19H34N6O/c1-3-7-23-8-5-17(15-23)14-21-19(20-4-2)25-11-9-24(10-12-25)16-18-6-13-26-22-18/h6,13,17H,3-5,7-12,14-16H2,1-2H3,(H,20,21). The Morgan fingerprint density at radius 2 is 2.08 bits per heavy atom. The van der Waals surface area contributed by atoms with Gasteiger partial charge >= 0.3 is 0 Å². The predicted octanol–water partition coefficient (Wildman–Crippen LogP) is 1.49. The molecule has 1 aromatic rings. The van der Waals surface area contributed by atoms with Crippen LogP contribution in [0.4, 0.5) is 0 Å². The lowest BCUT2D eigenvalue weighted by Crippen LogP contribution is -2.52. The van der Waals surface area contributed by atoms with Crippen molar-refractivity contribution in [3.8, 4) is 0 Å². The Kier molecular flexibility index (Phi) is 7.32. The Morgan fingerprint density at radius 1 is 1.23 bits per heavy atom. The molecule has 7 nitrogen and oxygen atoms in total. The van der Waals surface area contributed by atoms with Crippen molar-refractivity contribution in [1.29, 1.82) is 0 Å². The number of nitrogens with one attached hydrogen (secondary N) is 1. The van der Waals surface area contributed by atoms with Gasteiger partial charge in [0.2, 0.25) is 0 Å². The second-order valence-corrected chi connectivity index (χ2v) is 7.40. The molecule has 3 heterocycles. The van der Waals surface area contributed by atoms with E-state index in [1.54, 1.807) is 6.26 Å². The maximum atomic E-state index is 4.97. The molecule has 146 valence electrons. The van der Waals surface area contributed by atoms with Crippen molar-refractivity contribution in [2.75, 3.05) is 58.9 Å². The molecule has 2 aliphatic rings. The lowest BCUT2D eigenvalue weighted by Gasteiger charge is -2.36. The summed E-state index contributed by atoms with van der Waals surface area (Å²) < 4.78 is 4.93. The monoisotopic (exact) mass is 362 g/mol. The van der Waals surface area contributed by atoms with Crippen molar-refractivity contribution in [1.82, 2.24) is 25.2 Å². The fourth-order valence-corrected chi connectivity index (χ4v) is 3.89. The van der Waals surface area contributed by atoms with Crippen molar-refractivity contribution in [2.45, 2.75) is 33.2 Å². The van der Waals surface area contributed by atoms with E-state index >= 15 is 0 Å². The van der Waals surface area contributed by atoms with E-state index in [2.05, 4.69) is 39.0 Å². The highest BCUT2D eigenvalue weighted by atomic mass is 16.5. The molecule has 0 bridgehead atoms. The van der Waals surface area contributed by atoms with Crippen molar-refractivity contribution in [3.05, 3.63) is 18.0 Å². The zero-order valence-corrected chi connectivity index (χ0v) is 16.4. The number of hydrogen-bond acceptors (Lipinski definition) is 5. The molecular weight excluding hydrogens is 328 g/mol. The molecule has 2 fully saturated rings. The van der Waals surface area contributed by atoms with E-state index in [9.17, 15) is 0 Å². The first-order valence-corrected chi connectivity index (χ1v) is 10.2. The molecule has 0 amide bonds. The van der Waals surface area contributed by atoms with Crippen LogP contribution in [-0.4, -0.2) is 84.7 Å². The van der Waals surface area contributed by atoms with Gasteiger partial charge in [0.15, 0.2) is 5.96 Å². The number of likely N-dealkylation sites (tertiary alicyclic amines) is 1. The van der Waals surface area contributed by atoms with Crippen LogP contribution in [0.3, 0.4) is 0 Å². The fraction of sp³-hybridized carbons (Fsp3) is 0.789. The molecular formula is C19H34N6O. The molecule has 2 aliphatic heterocycles. The first-order valence-electron chi connectivity index (χ1n) is 10.2. The minimum atomic E-state index is 0.712. The van der Waals surface area contributed by atoms with E-state index in [0.717, 1.165) is 57.5 Å². The molecule has 1 unspecified atom stereocenters. The summed E-state index contributed by atoms with van der Waals surface area (Å²) in [5.41, 5.74) is 1.01. The number of aromatic nitrogens is 1. The summed E-state index contributed by atoms with van der Waals surface area (Å²) in [5, 5.41) is 7.51. The molecule has 3 rings (SSSR count). The van der Waals surface area contributed by atoms with E-state index in [1.165, 1.54) is 32.5 Å². The SMILES string of the molecule is CCCN1CCC(CN=C(NCC)N2CCN(Cc3ccon3)CC2)C1. The highest BCUT2D eigenvalue weighted by Crippen LogP contribution is 2.17. The Labute approximate surface area is 157 Å². The van der Waals surface area contributed by atoms with Gasteiger partial charge in [-0.1, -0.05) is 12.1 Å². The Hall–Kier alpha value is -1.60. The zero-order chi connectivity index (χ0) is 18.2. The van der Waals surface area contributed by atoms with E-state index in [1.807, 2.05) is 6.07 Å². The molecule has 0 aromatic carbocycles. The molecule has 0 aliphatic carbocycles. The topological polar surface area (TPSA) is 60.1 Å². The van der Waals surface area contributed by atoms with Crippen LogP contribution in [0.25, 0.3) is 0 Å². The Morgan fingerprint density at radius 3 is 2.77 bits per heavy atom. The summed E-state index contributed by atoms with van der Waals surface area (Å²) in [7, 11) is 0. The van der Waals surface area contributed by atoms with Gasteiger partial charge in [-0.3, -0.25) is 9.89 Å². The second-order valence-electron chi connectivity index (χ2n) is 7.40. The van der Waals surface area contributed by atoms with Crippen LogP contribution < -0.4 is 5.32 Å². The lowest BCUT2D eigenvalue weighted by atomic mass is 10.1. The van der Waals surface area contributed by atoms with Crippen LogP contribution in [-0.2, 0) is 6.54 Å². The molecule has 0 saturated carbocycles. The van der Waals surface area contributed by atoms with Crippen LogP contribution in [0, 0.1) is 5.92 Å². The number of piperazine rings is 1. The average molecular weight is 363 g/mol. The predicted molar refractivity (Wildman–Crippen MR) is 104 cm³/mol. The van der Waals surface area contributed by atoms with Gasteiger partial charge in [0.05, 0.1) is 5.69 Å². The average Bonchev–Trinajstić information content (AvgIpc) is 3.32. The molecule has 1 atom stereocenters. The van der Waals surface area contributed by atoms with Crippen molar-refractivity contribution < 1.29 is 4.52 Å². The van der Waals surface area contributed by atoms with E-state index in [0.29, 0.717) is 5.92 Å². The van der Waals surface area contributed by atoms with Crippen LogP contribution in [0.2, 0.25) is 0 Å². The van der Waals surface area contributed by atoms with Gasteiger partial charge in [0.25, 0.3) is 0 Å². The maximum absolute atomic E-state index is 4.97. The Balaban J connectivity index is 1.47. The van der Waals surface area contributed by atoms with Crippen LogP contribution in [0.15, 0.2) is 21.8 Å². The number of guanidine groups is 1. The molecule has 1 aromatic heterocycles. The number of rotatable bonds is 7. The van der Waals surface area contributed by atoms with E-state index < -0.39 is 0 Å². The van der Waals surface area contributed by atoms with Gasteiger partial charge in [0.1, 0.15) is 6.26 Å². The summed E-state index contributed by atoms with van der Waals surface area (Å²) in [6, 6.07) is 1.95. The third kappa shape index (κ3) is 5.45. The molecule has 2 saturated heterocycles. The van der Waals surface area contributed by atoms with E-state index in [4.69, 9.17) is 9.52 Å². The quantitative estimate of drug-likeness (QED) is 0.586. The molecule has 0 spiro atoms. The summed E-state index contributed by atoms with van der Waals surface area (Å²) in [6.45, 7) is 14.9. The first-order chi connectivity index (χ1) is 12.8. The van der Waals surface area contributed by atoms with Crippen molar-refractivity contribution in [2.24, 2.45) is 10.9 Å². The van der Waals surface area contributed by atoms with Crippen LogP contribution in [0.5, 0.6) is 0 Å². The normalized spacial score (nSPS) is 22.9. The third-order valence-corrected chi connectivity index (χ3v) is 5.29. The van der Waals surface area contributed by atoms with Gasteiger partial charge in [0, 0.05) is 58.4 Å². The smallest absolute Gasteiger partial charge is 0.194 e. The van der Waals surface area contributed by atoms with Gasteiger partial charge in [-0.15, -0.1) is 0 Å². The van der Waals surface area contributed by atoms with E-state index in [-0.39, 0.29) is 0 Å². The minimum absolute atomic E-state index is 0.712. The number of nitrogens with zero attached hydrogens (tertiary/aromatic N) is 5. The van der Waals surface area contributed by atoms with Gasteiger partial charge in [-0.25, -0.2) is 0 Å². The molecule has 1 N–H and O–H groups in total. The molecule has 0 radical (unpaired) electrons. The highest BCUT2D eigenvalue weighted by Gasteiger charge is 2.23. The molecule has 7 heteroatoms. The fourth-order valence-electron chi connectivity index (χ4n) is 3.89. The largest absolute Gasteiger partial charge is 0.364 e. The summed E-state index contributed by atoms with van der Waals surface area (Å²) in [4.78, 5) is 12.4. The maximum Gasteiger partial charge on any atom is 0.194 e. The highest BCUT2D eigenvalue weighted by molar-refractivity contribution is 5.80. The number of hydrogen-bond donors (Lipinski definition) is 1. The van der Waals surface area contributed by atoms with Crippen LogP contribution in [0.1, 0.15) is 32.4 Å². The summed E-state index contributed by atoms with van der Waals surface area (Å²) in [5.74, 6) is 1.80. The number of aliphatic imine (C=N–C) groups is 1. The van der Waals surface area contributed by atoms with Gasteiger partial charge < -0.3 is 19.6 Å². The van der Waals surface area contributed by atoms with Gasteiger partial charge in [-0.05, 0) is 38.8 Å². The van der Waals surface area contributed by atoms with Crippen molar-refractivity contribution >= 4 is 5.96 Å². The van der Waals surface area contributed by atoms with Crippen molar-refractivity contribution in [3.63, 3.8) is 0 Å². The van der Waals surface area contributed by atoms with Gasteiger partial charge in [-0.2, -0.15) is 0 Å². The lowest BCUT2D eigenvalue weighted by molar-refractivity contribution is 0.169. The zero-order valence-electron chi connectivity index (χ0n) is 16.4. The molecule has 26 heavy (non-hydrogen) atoms. The minimum Gasteiger partial charge on any atom is -0.364 e. The summed E-state index contributed by atoms with van der Waals surface area (Å²) >= 11 is 0. The second kappa shape index (κ2) is 9.92. The first kappa shape index (κ1) is 19.2.